The van der Waals surface area contributed by atoms with Crippen molar-refractivity contribution in [2.24, 2.45) is 0 Å². The molecular weight excluding hydrogens is 737 g/mol. The second-order valence-electron chi connectivity index (χ2n) is 16.4. The van der Waals surface area contributed by atoms with Gasteiger partial charge in [-0.2, -0.15) is 0 Å². The van der Waals surface area contributed by atoms with Crippen LogP contribution in [0.1, 0.15) is 22.6 Å². The summed E-state index contributed by atoms with van der Waals surface area (Å²) in [4.78, 5) is 0. The molecule has 0 N–H and O–H groups in total. The summed E-state index contributed by atoms with van der Waals surface area (Å²) in [6.45, 7) is 0. The Morgan fingerprint density at radius 3 is 1.87 bits per heavy atom. The zero-order valence-electron chi connectivity index (χ0n) is 33.3. The van der Waals surface area contributed by atoms with E-state index in [1.54, 1.807) is 0 Å². The van der Waals surface area contributed by atoms with Crippen molar-refractivity contribution in [1.29, 1.82) is 0 Å². The summed E-state index contributed by atoms with van der Waals surface area (Å²) in [5.74, 6) is 0.172. The van der Waals surface area contributed by atoms with E-state index in [9.17, 15) is 0 Å². The van der Waals surface area contributed by atoms with E-state index in [4.69, 9.17) is 0 Å². The quantitative estimate of drug-likeness (QED) is 0.165. The van der Waals surface area contributed by atoms with Crippen molar-refractivity contribution in [3.8, 4) is 44.8 Å². The molecule has 0 saturated carbocycles. The van der Waals surface area contributed by atoms with E-state index in [0.29, 0.717) is 0 Å². The minimum Gasteiger partial charge on any atom is -0.309 e. The minimum atomic E-state index is 0.172. The Balaban J connectivity index is 1.04. The van der Waals surface area contributed by atoms with Crippen molar-refractivity contribution >= 4 is 54.4 Å². The largest absolute Gasteiger partial charge is 0.309 e. The number of benzene rings is 10. The molecule has 0 saturated heterocycles. The van der Waals surface area contributed by atoms with Crippen molar-refractivity contribution < 1.29 is 0 Å². The van der Waals surface area contributed by atoms with Crippen LogP contribution in [0.5, 0.6) is 0 Å². The Kier molecular flexibility index (Phi) is 7.40. The predicted octanol–water partition coefficient (Wildman–Crippen LogP) is 15.5. The molecule has 1 unspecified atom stereocenters. The van der Waals surface area contributed by atoms with Gasteiger partial charge in [0.15, 0.2) is 0 Å². The number of aromatic nitrogens is 2. The molecule has 284 valence electrons. The molecule has 2 heteroatoms. The van der Waals surface area contributed by atoms with Crippen LogP contribution in [-0.4, -0.2) is 9.13 Å². The Hall–Kier alpha value is -7.94. The SMILES string of the molecule is c1ccc(-c2cccc(C3c4ccccc4-c4cc(-c5ccc6c(c5)c5ccc7c(c8ccccc8n7-c7ccccc7)c5n6-c5cccc6ccccc56)ccc43)c2)cc1. The lowest BCUT2D eigenvalue weighted by Gasteiger charge is -2.16. The predicted molar refractivity (Wildman–Crippen MR) is 256 cm³/mol. The third-order valence-electron chi connectivity index (χ3n) is 13.2. The van der Waals surface area contributed by atoms with Gasteiger partial charge >= 0.3 is 0 Å². The first-order valence-corrected chi connectivity index (χ1v) is 21.2. The van der Waals surface area contributed by atoms with Crippen LogP contribution in [0.4, 0.5) is 0 Å². The monoisotopic (exact) mass is 774 g/mol. The van der Waals surface area contributed by atoms with Gasteiger partial charge in [0.05, 0.1) is 27.8 Å². The number of para-hydroxylation sites is 2. The third kappa shape index (κ3) is 5.09. The molecule has 13 rings (SSSR count). The lowest BCUT2D eigenvalue weighted by Crippen LogP contribution is -1.99. The molecule has 1 aliphatic rings. The fourth-order valence-electron chi connectivity index (χ4n) is 10.5. The van der Waals surface area contributed by atoms with Crippen molar-refractivity contribution in [3.05, 3.63) is 241 Å². The lowest BCUT2D eigenvalue weighted by atomic mass is 9.87. The van der Waals surface area contributed by atoms with E-state index in [0.717, 1.165) is 5.69 Å². The van der Waals surface area contributed by atoms with Gasteiger partial charge in [0.1, 0.15) is 0 Å². The highest BCUT2D eigenvalue weighted by Crippen LogP contribution is 2.50. The van der Waals surface area contributed by atoms with Gasteiger partial charge < -0.3 is 9.13 Å². The van der Waals surface area contributed by atoms with Crippen LogP contribution in [-0.2, 0) is 0 Å². The van der Waals surface area contributed by atoms with Gasteiger partial charge in [-0.3, -0.25) is 0 Å². The summed E-state index contributed by atoms with van der Waals surface area (Å²) in [5, 5.41) is 7.47. The number of hydrogen-bond donors (Lipinski definition) is 0. The first-order valence-electron chi connectivity index (χ1n) is 21.2. The number of rotatable bonds is 5. The third-order valence-corrected chi connectivity index (χ3v) is 13.2. The number of nitrogens with zero attached hydrogens (tertiary/aromatic N) is 2. The van der Waals surface area contributed by atoms with Crippen molar-refractivity contribution in [2.75, 3.05) is 0 Å². The Morgan fingerprint density at radius 2 is 0.967 bits per heavy atom. The topological polar surface area (TPSA) is 9.86 Å². The Labute approximate surface area is 353 Å². The van der Waals surface area contributed by atoms with Gasteiger partial charge in [0.25, 0.3) is 0 Å². The number of hydrogen-bond acceptors (Lipinski definition) is 0. The number of fused-ring (bicyclic) bond motifs is 11. The minimum absolute atomic E-state index is 0.172. The zero-order valence-corrected chi connectivity index (χ0v) is 33.3. The van der Waals surface area contributed by atoms with Gasteiger partial charge in [-0.25, -0.2) is 0 Å². The van der Waals surface area contributed by atoms with Crippen LogP contribution in [0.25, 0.3) is 99.1 Å². The van der Waals surface area contributed by atoms with Crippen LogP contribution < -0.4 is 0 Å². The molecule has 2 aromatic heterocycles. The Morgan fingerprint density at radius 1 is 0.328 bits per heavy atom. The molecule has 1 aliphatic carbocycles. The van der Waals surface area contributed by atoms with Crippen LogP contribution in [0.2, 0.25) is 0 Å². The van der Waals surface area contributed by atoms with Crippen LogP contribution in [0, 0.1) is 0 Å². The average Bonchev–Trinajstić information content (AvgIpc) is 3.97. The molecule has 0 fully saturated rings. The summed E-state index contributed by atoms with van der Waals surface area (Å²) in [6.07, 6.45) is 0. The van der Waals surface area contributed by atoms with Gasteiger partial charge in [-0.05, 0) is 104 Å². The van der Waals surface area contributed by atoms with Crippen molar-refractivity contribution in [1.82, 2.24) is 9.13 Å². The molecule has 0 radical (unpaired) electrons. The Bertz CT molecular complexity index is 3690. The molecule has 10 aromatic carbocycles. The summed E-state index contributed by atoms with van der Waals surface area (Å²) < 4.78 is 4.96. The molecule has 0 amide bonds. The van der Waals surface area contributed by atoms with Crippen molar-refractivity contribution in [3.63, 3.8) is 0 Å². The van der Waals surface area contributed by atoms with Gasteiger partial charge in [0.2, 0.25) is 0 Å². The van der Waals surface area contributed by atoms with Gasteiger partial charge in [-0.1, -0.05) is 176 Å². The lowest BCUT2D eigenvalue weighted by molar-refractivity contribution is 1.02. The molecular formula is C59H38N2. The maximum atomic E-state index is 2.54. The smallest absolute Gasteiger partial charge is 0.0641 e. The van der Waals surface area contributed by atoms with Gasteiger partial charge in [0, 0.05) is 38.5 Å². The van der Waals surface area contributed by atoms with Gasteiger partial charge in [-0.15, -0.1) is 0 Å². The van der Waals surface area contributed by atoms with Crippen LogP contribution >= 0.6 is 0 Å². The van der Waals surface area contributed by atoms with E-state index in [1.165, 1.54) is 110 Å². The summed E-state index contributed by atoms with van der Waals surface area (Å²) >= 11 is 0. The van der Waals surface area contributed by atoms with Crippen LogP contribution in [0.3, 0.4) is 0 Å². The van der Waals surface area contributed by atoms with Crippen molar-refractivity contribution in [2.45, 2.75) is 5.92 Å². The van der Waals surface area contributed by atoms with Crippen LogP contribution in [0.15, 0.2) is 224 Å². The molecule has 61 heavy (non-hydrogen) atoms. The highest BCUT2D eigenvalue weighted by molar-refractivity contribution is 6.26. The maximum Gasteiger partial charge on any atom is 0.0641 e. The highest BCUT2D eigenvalue weighted by Gasteiger charge is 2.30. The molecule has 2 heterocycles. The first kappa shape index (κ1) is 34.0. The fourth-order valence-corrected chi connectivity index (χ4v) is 10.5. The molecule has 1 atom stereocenters. The molecule has 0 aliphatic heterocycles. The standard InChI is InChI=1S/C59H38N2/c1-3-15-38(16-4-1)40-19-13-20-43(35-40)57-47-25-10-9-24-46(47)51-36-41(29-31-48(51)57)42-30-33-55-52(37-42)49-32-34-56-58(50-26-11-12-27-54(50)60(56)44-21-5-2-6-22-44)59(49)61(55)53-28-14-18-39-17-7-8-23-45(39)53/h1-37,57H. The van der Waals surface area contributed by atoms with E-state index in [2.05, 4.69) is 234 Å². The second-order valence-corrected chi connectivity index (χ2v) is 16.4. The summed E-state index contributed by atoms with van der Waals surface area (Å²) in [7, 11) is 0. The zero-order chi connectivity index (χ0) is 40.0. The van der Waals surface area contributed by atoms with E-state index >= 15 is 0 Å². The summed E-state index contributed by atoms with van der Waals surface area (Å²) in [6, 6.07) is 82.9. The molecule has 0 bridgehead atoms. The first-order chi connectivity index (χ1) is 30.3. The average molecular weight is 775 g/mol. The maximum absolute atomic E-state index is 2.54. The molecule has 2 nitrogen and oxygen atoms in total. The second kappa shape index (κ2) is 13.3. The normalized spacial score (nSPS) is 13.4. The van der Waals surface area contributed by atoms with E-state index in [1.807, 2.05) is 0 Å². The fraction of sp³-hybridized carbons (Fsp3) is 0.0169. The molecule has 12 aromatic rings. The highest BCUT2D eigenvalue weighted by atomic mass is 15.0. The molecule has 0 spiro atoms. The summed E-state index contributed by atoms with van der Waals surface area (Å²) in [5.41, 5.74) is 18.8. The van der Waals surface area contributed by atoms with E-state index in [-0.39, 0.29) is 5.92 Å². The van der Waals surface area contributed by atoms with E-state index < -0.39 is 0 Å².